The summed E-state index contributed by atoms with van der Waals surface area (Å²) in [6, 6.07) is 14.6. The standard InChI is InChI=1S/C18H15N3O3/c22-17(16-13-6-1-3-7-14(13)19-20-16)21-10-9-12(18(23)24)11-5-2-4-8-15(11)21/h1-8,12H,9-10H2,(H,19,20)(H,23,24). The Morgan fingerprint density at radius 2 is 1.88 bits per heavy atom. The van der Waals surface area contributed by atoms with Crippen molar-refractivity contribution in [3.05, 3.63) is 59.8 Å². The van der Waals surface area contributed by atoms with Crippen molar-refractivity contribution in [3.8, 4) is 0 Å². The Bertz CT molecular complexity index is 947. The van der Waals surface area contributed by atoms with Gasteiger partial charge in [-0.1, -0.05) is 36.4 Å². The molecule has 24 heavy (non-hydrogen) atoms. The highest BCUT2D eigenvalue weighted by atomic mass is 16.4. The van der Waals surface area contributed by atoms with Gasteiger partial charge in [-0.3, -0.25) is 14.7 Å². The molecule has 1 amide bonds. The van der Waals surface area contributed by atoms with Gasteiger partial charge in [0, 0.05) is 17.6 Å². The number of benzene rings is 2. The van der Waals surface area contributed by atoms with Gasteiger partial charge < -0.3 is 10.0 Å². The number of carbonyl (C=O) groups is 2. The molecule has 4 rings (SSSR count). The van der Waals surface area contributed by atoms with Crippen LogP contribution >= 0.6 is 0 Å². The summed E-state index contributed by atoms with van der Waals surface area (Å²) in [4.78, 5) is 26.1. The molecule has 2 aromatic carbocycles. The third kappa shape index (κ3) is 2.15. The van der Waals surface area contributed by atoms with Crippen LogP contribution in [0.15, 0.2) is 48.5 Å². The lowest BCUT2D eigenvalue weighted by Gasteiger charge is -2.32. The molecule has 120 valence electrons. The van der Waals surface area contributed by atoms with E-state index in [2.05, 4.69) is 10.2 Å². The molecule has 0 radical (unpaired) electrons. The molecule has 0 aliphatic carbocycles. The van der Waals surface area contributed by atoms with Gasteiger partial charge in [0.2, 0.25) is 0 Å². The number of aliphatic carboxylic acids is 1. The number of fused-ring (bicyclic) bond motifs is 2. The van der Waals surface area contributed by atoms with Gasteiger partial charge in [-0.25, -0.2) is 0 Å². The van der Waals surface area contributed by atoms with Crippen LogP contribution in [0.1, 0.15) is 28.4 Å². The zero-order valence-corrected chi connectivity index (χ0v) is 12.8. The highest BCUT2D eigenvalue weighted by Gasteiger charge is 2.33. The van der Waals surface area contributed by atoms with E-state index in [1.54, 1.807) is 23.1 Å². The van der Waals surface area contributed by atoms with Crippen molar-refractivity contribution in [1.82, 2.24) is 10.2 Å². The van der Waals surface area contributed by atoms with Gasteiger partial charge in [0.05, 0.1) is 11.4 Å². The minimum absolute atomic E-state index is 0.219. The number of amides is 1. The van der Waals surface area contributed by atoms with Crippen molar-refractivity contribution < 1.29 is 14.7 Å². The molecule has 1 unspecified atom stereocenters. The van der Waals surface area contributed by atoms with Crippen molar-refractivity contribution in [2.75, 3.05) is 11.4 Å². The maximum absolute atomic E-state index is 13.0. The highest BCUT2D eigenvalue weighted by molar-refractivity contribution is 6.13. The van der Waals surface area contributed by atoms with Gasteiger partial charge >= 0.3 is 5.97 Å². The Labute approximate surface area is 137 Å². The van der Waals surface area contributed by atoms with Crippen molar-refractivity contribution in [3.63, 3.8) is 0 Å². The Morgan fingerprint density at radius 1 is 1.12 bits per heavy atom. The number of nitrogens with zero attached hydrogens (tertiary/aromatic N) is 2. The molecule has 0 fully saturated rings. The van der Waals surface area contributed by atoms with E-state index in [-0.39, 0.29) is 5.91 Å². The molecular weight excluding hydrogens is 306 g/mol. The SMILES string of the molecule is O=C(O)C1CCN(C(=O)c2n[nH]c3ccccc23)c2ccccc21. The summed E-state index contributed by atoms with van der Waals surface area (Å²) in [5.74, 6) is -1.66. The van der Waals surface area contributed by atoms with Gasteiger partial charge in [-0.15, -0.1) is 0 Å². The third-order valence-corrected chi connectivity index (χ3v) is 4.46. The fourth-order valence-electron chi connectivity index (χ4n) is 3.28. The lowest BCUT2D eigenvalue weighted by molar-refractivity contribution is -0.139. The van der Waals surface area contributed by atoms with E-state index in [0.717, 1.165) is 10.9 Å². The highest BCUT2D eigenvalue weighted by Crippen LogP contribution is 2.36. The summed E-state index contributed by atoms with van der Waals surface area (Å²) in [5.41, 5.74) is 2.47. The number of hydrogen-bond donors (Lipinski definition) is 2. The Kier molecular flexibility index (Phi) is 3.30. The van der Waals surface area contributed by atoms with Crippen LogP contribution < -0.4 is 4.90 Å². The largest absolute Gasteiger partial charge is 0.481 e. The maximum atomic E-state index is 13.0. The smallest absolute Gasteiger partial charge is 0.311 e. The molecule has 0 spiro atoms. The van der Waals surface area contributed by atoms with E-state index in [1.807, 2.05) is 30.3 Å². The minimum atomic E-state index is -0.861. The molecule has 6 heteroatoms. The number of nitrogens with one attached hydrogen (secondary N) is 1. The van der Waals surface area contributed by atoms with Crippen molar-refractivity contribution >= 4 is 28.5 Å². The van der Waals surface area contributed by atoms with Gasteiger partial charge in [0.1, 0.15) is 0 Å². The van der Waals surface area contributed by atoms with Crippen molar-refractivity contribution in [2.45, 2.75) is 12.3 Å². The first-order valence-electron chi connectivity index (χ1n) is 7.73. The molecule has 0 bridgehead atoms. The van der Waals surface area contributed by atoms with Crippen LogP contribution in [0.2, 0.25) is 0 Å². The fourth-order valence-corrected chi connectivity index (χ4v) is 3.28. The zero-order valence-electron chi connectivity index (χ0n) is 12.8. The topological polar surface area (TPSA) is 86.3 Å². The molecular formula is C18H15N3O3. The molecule has 2 N–H and O–H groups in total. The predicted molar refractivity (Wildman–Crippen MR) is 89.2 cm³/mol. The number of carboxylic acids is 1. The summed E-state index contributed by atoms with van der Waals surface area (Å²) in [6.45, 7) is 0.355. The normalized spacial score (nSPS) is 16.8. The van der Waals surface area contributed by atoms with Crippen LogP contribution in [0.5, 0.6) is 0 Å². The number of rotatable bonds is 2. The summed E-state index contributed by atoms with van der Waals surface area (Å²) in [5, 5.41) is 17.2. The average molecular weight is 321 g/mol. The van der Waals surface area contributed by atoms with E-state index in [0.29, 0.717) is 29.9 Å². The van der Waals surface area contributed by atoms with Crippen LogP contribution in [-0.2, 0) is 4.79 Å². The van der Waals surface area contributed by atoms with Crippen LogP contribution in [0.4, 0.5) is 5.69 Å². The fraction of sp³-hybridized carbons (Fsp3) is 0.167. The lowest BCUT2D eigenvalue weighted by atomic mass is 9.90. The second-order valence-corrected chi connectivity index (χ2v) is 5.81. The number of carbonyl (C=O) groups excluding carboxylic acids is 1. The molecule has 1 aliphatic rings. The van der Waals surface area contributed by atoms with E-state index < -0.39 is 11.9 Å². The second kappa shape index (κ2) is 5.49. The third-order valence-electron chi connectivity index (χ3n) is 4.46. The maximum Gasteiger partial charge on any atom is 0.311 e. The molecule has 1 aliphatic heterocycles. The molecule has 6 nitrogen and oxygen atoms in total. The first-order valence-corrected chi connectivity index (χ1v) is 7.73. The molecule has 0 saturated heterocycles. The van der Waals surface area contributed by atoms with Gasteiger partial charge in [0.25, 0.3) is 5.91 Å². The first-order chi connectivity index (χ1) is 11.7. The number of aromatic nitrogens is 2. The first kappa shape index (κ1) is 14.4. The quantitative estimate of drug-likeness (QED) is 0.760. The lowest BCUT2D eigenvalue weighted by Crippen LogP contribution is -2.38. The monoisotopic (exact) mass is 321 g/mol. The Morgan fingerprint density at radius 3 is 2.71 bits per heavy atom. The number of anilines is 1. The van der Waals surface area contributed by atoms with Crippen LogP contribution in [-0.4, -0.2) is 33.7 Å². The molecule has 0 saturated carbocycles. The number of para-hydroxylation sites is 2. The predicted octanol–water partition coefficient (Wildman–Crippen LogP) is 2.78. The average Bonchev–Trinajstić information content (AvgIpc) is 3.04. The second-order valence-electron chi connectivity index (χ2n) is 5.81. The number of aromatic amines is 1. The summed E-state index contributed by atoms with van der Waals surface area (Å²) >= 11 is 0. The number of hydrogen-bond acceptors (Lipinski definition) is 3. The Balaban J connectivity index is 1.78. The van der Waals surface area contributed by atoms with Gasteiger partial charge in [0.15, 0.2) is 5.69 Å². The van der Waals surface area contributed by atoms with E-state index in [9.17, 15) is 14.7 Å². The summed E-state index contributed by atoms with van der Waals surface area (Å²) < 4.78 is 0. The Hall–Kier alpha value is -3.15. The van der Waals surface area contributed by atoms with Crippen LogP contribution in [0.3, 0.4) is 0 Å². The minimum Gasteiger partial charge on any atom is -0.481 e. The van der Waals surface area contributed by atoms with E-state index >= 15 is 0 Å². The molecule has 3 aromatic rings. The molecule has 2 heterocycles. The zero-order chi connectivity index (χ0) is 16.7. The number of carboxylic acid groups (broad SMARTS) is 1. The van der Waals surface area contributed by atoms with Crippen molar-refractivity contribution in [1.29, 1.82) is 0 Å². The van der Waals surface area contributed by atoms with Crippen LogP contribution in [0.25, 0.3) is 10.9 Å². The molecule has 1 atom stereocenters. The number of H-pyrrole nitrogens is 1. The van der Waals surface area contributed by atoms with Crippen LogP contribution in [0, 0.1) is 0 Å². The van der Waals surface area contributed by atoms with Gasteiger partial charge in [-0.2, -0.15) is 5.10 Å². The summed E-state index contributed by atoms with van der Waals surface area (Å²) in [7, 11) is 0. The van der Waals surface area contributed by atoms with Crippen molar-refractivity contribution in [2.24, 2.45) is 0 Å². The summed E-state index contributed by atoms with van der Waals surface area (Å²) in [6.07, 6.45) is 0.389. The van der Waals surface area contributed by atoms with Gasteiger partial charge in [-0.05, 0) is 24.1 Å². The van der Waals surface area contributed by atoms with E-state index in [1.165, 1.54) is 0 Å². The molecule has 1 aromatic heterocycles. The van der Waals surface area contributed by atoms with E-state index in [4.69, 9.17) is 0 Å².